The van der Waals surface area contributed by atoms with Crippen LogP contribution in [0.5, 0.6) is 11.5 Å². The lowest BCUT2D eigenvalue weighted by atomic mass is 10.2. The molecule has 0 bridgehead atoms. The topological polar surface area (TPSA) is 84.4 Å². The zero-order chi connectivity index (χ0) is 24.0. The number of sulfonamides is 1. The minimum Gasteiger partial charge on any atom is -0.453 e. The Bertz CT molecular complexity index is 1340. The summed E-state index contributed by atoms with van der Waals surface area (Å²) in [5.41, 5.74) is 1.26. The molecule has 0 saturated carbocycles. The van der Waals surface area contributed by atoms with Crippen molar-refractivity contribution < 1.29 is 17.5 Å². The molecule has 0 aliphatic heterocycles. The van der Waals surface area contributed by atoms with Gasteiger partial charge in [-0.2, -0.15) is 0 Å². The smallest absolute Gasteiger partial charge is 0.265 e. The number of nitrogens with zero attached hydrogens (tertiary/aromatic N) is 3. The Morgan fingerprint density at radius 2 is 1.82 bits per heavy atom. The fourth-order valence-corrected chi connectivity index (χ4v) is 4.73. The van der Waals surface area contributed by atoms with Crippen LogP contribution in [0.25, 0.3) is 0 Å². The van der Waals surface area contributed by atoms with Gasteiger partial charge in [-0.05, 0) is 61.0 Å². The van der Waals surface area contributed by atoms with Gasteiger partial charge in [0.05, 0.1) is 11.9 Å². The van der Waals surface area contributed by atoms with E-state index in [0.717, 1.165) is 0 Å². The second-order valence-corrected chi connectivity index (χ2v) is 9.16. The summed E-state index contributed by atoms with van der Waals surface area (Å²) in [5, 5.41) is 3.07. The van der Waals surface area contributed by atoms with E-state index in [0.29, 0.717) is 35.9 Å². The molecule has 0 saturated heterocycles. The molecule has 7 nitrogen and oxygen atoms in total. The predicted octanol–water partition coefficient (Wildman–Crippen LogP) is 5.24. The van der Waals surface area contributed by atoms with E-state index in [-0.39, 0.29) is 10.6 Å². The monoisotopic (exact) mass is 478 g/mol. The van der Waals surface area contributed by atoms with Gasteiger partial charge in [-0.25, -0.2) is 17.8 Å². The van der Waals surface area contributed by atoms with Gasteiger partial charge in [0.2, 0.25) is 0 Å². The molecule has 174 valence electrons. The van der Waals surface area contributed by atoms with Crippen molar-refractivity contribution in [3.05, 3.63) is 103 Å². The third kappa shape index (κ3) is 5.32. The second-order valence-electron chi connectivity index (χ2n) is 7.29. The predicted molar refractivity (Wildman–Crippen MR) is 129 cm³/mol. The van der Waals surface area contributed by atoms with Gasteiger partial charge in [0.15, 0.2) is 11.6 Å². The number of ether oxygens (including phenoxy) is 1. The summed E-state index contributed by atoms with van der Waals surface area (Å²) < 4.78 is 47.4. The van der Waals surface area contributed by atoms with Crippen molar-refractivity contribution in [1.82, 2.24) is 9.97 Å². The maximum Gasteiger partial charge on any atom is 0.265 e. The third-order valence-electron chi connectivity index (χ3n) is 4.99. The van der Waals surface area contributed by atoms with Crippen molar-refractivity contribution in [3.8, 4) is 11.5 Å². The minimum absolute atomic E-state index is 0.0895. The first-order chi connectivity index (χ1) is 16.5. The third-order valence-corrected chi connectivity index (χ3v) is 6.87. The van der Waals surface area contributed by atoms with Crippen molar-refractivity contribution >= 4 is 21.5 Å². The molecule has 0 unspecified atom stereocenters. The molecule has 0 atom stereocenters. The molecule has 1 N–H and O–H groups in total. The van der Waals surface area contributed by atoms with Crippen molar-refractivity contribution in [3.63, 3.8) is 0 Å². The molecule has 2 aromatic carbocycles. The van der Waals surface area contributed by atoms with Gasteiger partial charge in [-0.3, -0.25) is 9.29 Å². The normalized spacial score (nSPS) is 11.1. The highest BCUT2D eigenvalue weighted by Gasteiger charge is 2.23. The van der Waals surface area contributed by atoms with Crippen LogP contribution in [0.1, 0.15) is 12.5 Å². The molecule has 2 heterocycles. The van der Waals surface area contributed by atoms with Gasteiger partial charge in [0, 0.05) is 25.5 Å². The SMILES string of the molecule is CCN(c1ccccc1)S(=O)(=O)c1ccc(NCc2ccc(Oc3cccnc3)c(F)c2)nc1. The van der Waals surface area contributed by atoms with Crippen LogP contribution >= 0.6 is 0 Å². The number of benzene rings is 2. The summed E-state index contributed by atoms with van der Waals surface area (Å²) in [7, 11) is -3.75. The lowest BCUT2D eigenvalue weighted by molar-refractivity contribution is 0.440. The zero-order valence-corrected chi connectivity index (χ0v) is 19.2. The number of anilines is 2. The van der Waals surface area contributed by atoms with Crippen LogP contribution in [-0.2, 0) is 16.6 Å². The van der Waals surface area contributed by atoms with Gasteiger partial charge < -0.3 is 10.1 Å². The van der Waals surface area contributed by atoms with E-state index in [2.05, 4.69) is 15.3 Å². The van der Waals surface area contributed by atoms with Crippen molar-refractivity contribution in [1.29, 1.82) is 0 Å². The number of nitrogens with one attached hydrogen (secondary N) is 1. The molecule has 0 fully saturated rings. The average Bonchev–Trinajstić information content (AvgIpc) is 2.86. The van der Waals surface area contributed by atoms with Crippen LogP contribution in [0.2, 0.25) is 0 Å². The van der Waals surface area contributed by atoms with Gasteiger partial charge >= 0.3 is 0 Å². The van der Waals surface area contributed by atoms with Crippen LogP contribution < -0.4 is 14.4 Å². The molecule has 9 heteroatoms. The molecule has 0 radical (unpaired) electrons. The standard InChI is InChI=1S/C25H23FN4O3S/c1-2-30(20-7-4-3-5-8-20)34(31,32)22-11-13-25(29-18-22)28-16-19-10-12-24(23(26)15-19)33-21-9-6-14-27-17-21/h3-15,17-18H,2,16H2,1H3,(H,28,29). The van der Waals surface area contributed by atoms with Crippen molar-refractivity contribution in [2.75, 3.05) is 16.2 Å². The van der Waals surface area contributed by atoms with Crippen LogP contribution in [-0.4, -0.2) is 24.9 Å². The van der Waals surface area contributed by atoms with Gasteiger partial charge in [-0.1, -0.05) is 24.3 Å². The Morgan fingerprint density at radius 1 is 1.00 bits per heavy atom. The molecule has 0 aliphatic rings. The van der Waals surface area contributed by atoms with Gasteiger partial charge in [0.25, 0.3) is 10.0 Å². The van der Waals surface area contributed by atoms with E-state index in [1.165, 1.54) is 28.8 Å². The summed E-state index contributed by atoms with van der Waals surface area (Å²) in [4.78, 5) is 8.25. The van der Waals surface area contributed by atoms with E-state index >= 15 is 0 Å². The maximum atomic E-state index is 14.4. The second kappa shape index (κ2) is 10.3. The number of rotatable bonds is 9. The summed E-state index contributed by atoms with van der Waals surface area (Å²) in [6.45, 7) is 2.37. The van der Waals surface area contributed by atoms with Gasteiger partial charge in [-0.15, -0.1) is 0 Å². The van der Waals surface area contributed by atoms with Crippen LogP contribution in [0.3, 0.4) is 0 Å². The number of hydrogen-bond acceptors (Lipinski definition) is 6. The zero-order valence-electron chi connectivity index (χ0n) is 18.4. The van der Waals surface area contributed by atoms with E-state index in [1.807, 2.05) is 6.07 Å². The molecule has 0 spiro atoms. The first-order valence-electron chi connectivity index (χ1n) is 10.6. The number of para-hydroxylation sites is 1. The van der Waals surface area contributed by atoms with E-state index in [1.54, 1.807) is 67.7 Å². The summed E-state index contributed by atoms with van der Waals surface area (Å²) >= 11 is 0. The molecule has 0 amide bonds. The highest BCUT2D eigenvalue weighted by atomic mass is 32.2. The summed E-state index contributed by atoms with van der Waals surface area (Å²) in [5.74, 6) is 0.514. The number of aromatic nitrogens is 2. The van der Waals surface area contributed by atoms with Crippen molar-refractivity contribution in [2.45, 2.75) is 18.4 Å². The van der Waals surface area contributed by atoms with Crippen LogP contribution in [0, 0.1) is 5.82 Å². The molecule has 34 heavy (non-hydrogen) atoms. The molecule has 0 aliphatic carbocycles. The van der Waals surface area contributed by atoms with Crippen LogP contribution in [0.4, 0.5) is 15.9 Å². The van der Waals surface area contributed by atoms with Gasteiger partial charge in [0.1, 0.15) is 16.5 Å². The highest BCUT2D eigenvalue weighted by molar-refractivity contribution is 7.92. The molecule has 2 aromatic heterocycles. The Balaban J connectivity index is 1.41. The largest absolute Gasteiger partial charge is 0.453 e. The quantitative estimate of drug-likeness (QED) is 0.354. The summed E-state index contributed by atoms with van der Waals surface area (Å²) in [6, 6.07) is 20.0. The maximum absolute atomic E-state index is 14.4. The Labute approximate surface area is 197 Å². The summed E-state index contributed by atoms with van der Waals surface area (Å²) in [6.07, 6.45) is 4.43. The lowest BCUT2D eigenvalue weighted by Gasteiger charge is -2.22. The molecular weight excluding hydrogens is 455 g/mol. The van der Waals surface area contributed by atoms with Crippen molar-refractivity contribution in [2.24, 2.45) is 0 Å². The van der Waals surface area contributed by atoms with E-state index in [9.17, 15) is 12.8 Å². The first kappa shape index (κ1) is 23.2. The van der Waals surface area contributed by atoms with E-state index < -0.39 is 15.8 Å². The number of halogens is 1. The Kier molecular flexibility index (Phi) is 7.03. The number of pyridine rings is 2. The van der Waals surface area contributed by atoms with Crippen LogP contribution in [0.15, 0.2) is 96.3 Å². The fourth-order valence-electron chi connectivity index (χ4n) is 3.31. The highest BCUT2D eigenvalue weighted by Crippen LogP contribution is 2.26. The average molecular weight is 479 g/mol. The molecular formula is C25H23FN4O3S. The minimum atomic E-state index is -3.75. The number of hydrogen-bond donors (Lipinski definition) is 1. The molecule has 4 rings (SSSR count). The lowest BCUT2D eigenvalue weighted by Crippen LogP contribution is -2.30. The molecule has 4 aromatic rings. The Hall–Kier alpha value is -3.98. The fraction of sp³-hybridized carbons (Fsp3) is 0.120. The Morgan fingerprint density at radius 3 is 2.47 bits per heavy atom. The first-order valence-corrected chi connectivity index (χ1v) is 12.1. The van der Waals surface area contributed by atoms with E-state index in [4.69, 9.17) is 4.74 Å².